The summed E-state index contributed by atoms with van der Waals surface area (Å²) in [4.78, 5) is 5.36. The Morgan fingerprint density at radius 1 is 0.371 bits per heavy atom. The summed E-state index contributed by atoms with van der Waals surface area (Å²) in [7, 11) is 2.08. The second-order valence-corrected chi connectivity index (χ2v) is 20.5. The SMILES string of the molecule is Cc1ccnc(C2(c3cccc(C4(c5cccc(C6([N+]7=C=[N+](C)C=C7)c7cccc(C)c7-c7c(C)cccc76)c5)c5cccc(C)c5-c5c(C)cccc54)c3)c3cccc(C)c3-c3c(C)cccc32)c1. The van der Waals surface area contributed by atoms with Gasteiger partial charge in [0.15, 0.2) is 7.05 Å². The highest BCUT2D eigenvalue weighted by Crippen LogP contribution is 2.62. The van der Waals surface area contributed by atoms with E-state index < -0.39 is 16.4 Å². The van der Waals surface area contributed by atoms with E-state index in [1.807, 2.05) is 6.20 Å². The number of fused-ring (bicyclic) bond motifs is 9. The Kier molecular flexibility index (Phi) is 9.04. The number of pyridine rings is 1. The van der Waals surface area contributed by atoms with Crippen molar-refractivity contribution in [2.24, 2.45) is 0 Å². The summed E-state index contributed by atoms with van der Waals surface area (Å²) in [6.07, 6.45) is 6.34. The second kappa shape index (κ2) is 15.0. The molecule has 3 nitrogen and oxygen atoms in total. The van der Waals surface area contributed by atoms with E-state index in [-0.39, 0.29) is 0 Å². The molecule has 0 fully saturated rings. The van der Waals surface area contributed by atoms with Crippen molar-refractivity contribution in [1.82, 2.24) is 4.98 Å². The van der Waals surface area contributed by atoms with Gasteiger partial charge in [-0.05, 0) is 178 Å². The highest BCUT2D eigenvalue weighted by Gasteiger charge is 2.58. The predicted molar refractivity (Wildman–Crippen MR) is 284 cm³/mol. The largest absolute Gasteiger partial charge is 0.490 e. The predicted octanol–water partition coefficient (Wildman–Crippen LogP) is 14.6. The molecule has 3 aliphatic carbocycles. The molecule has 70 heavy (non-hydrogen) atoms. The number of hydrogen-bond acceptors (Lipinski definition) is 1. The zero-order valence-electron chi connectivity index (χ0n) is 41.2. The normalized spacial score (nSPS) is 15.7. The third-order valence-electron chi connectivity index (χ3n) is 16.6. The Morgan fingerprint density at radius 2 is 0.729 bits per heavy atom. The molecule has 4 aliphatic rings. The minimum Gasteiger partial charge on any atom is -0.260 e. The van der Waals surface area contributed by atoms with Crippen LogP contribution in [0.2, 0.25) is 0 Å². The molecule has 0 N–H and O–H groups in total. The monoisotopic (exact) mass is 901 g/mol. The maximum atomic E-state index is 5.36. The summed E-state index contributed by atoms with van der Waals surface area (Å²) in [5.74, 6) is 0. The number of nitrogens with zero attached hydrogens (tertiary/aromatic N) is 3. The molecule has 336 valence electrons. The van der Waals surface area contributed by atoms with E-state index in [2.05, 4.69) is 253 Å². The van der Waals surface area contributed by atoms with Crippen LogP contribution >= 0.6 is 0 Å². The van der Waals surface area contributed by atoms with Crippen LogP contribution in [0.25, 0.3) is 33.4 Å². The number of aromatic nitrogens is 1. The summed E-state index contributed by atoms with van der Waals surface area (Å²) in [5, 5.41) is 0. The fraction of sp³-hybridized carbons (Fsp3) is 0.164. The molecule has 8 aromatic carbocycles. The number of benzene rings is 8. The highest BCUT2D eigenvalue weighted by atomic mass is 15.2. The quantitative estimate of drug-likeness (QED) is 0.152. The van der Waals surface area contributed by atoms with Crippen molar-refractivity contribution in [3.63, 3.8) is 0 Å². The van der Waals surface area contributed by atoms with E-state index in [0.29, 0.717) is 0 Å². The van der Waals surface area contributed by atoms with Gasteiger partial charge in [0, 0.05) is 22.9 Å². The van der Waals surface area contributed by atoms with Crippen molar-refractivity contribution in [3.05, 3.63) is 289 Å². The zero-order chi connectivity index (χ0) is 47.8. The Hall–Kier alpha value is -7.97. The van der Waals surface area contributed by atoms with Crippen LogP contribution in [0.5, 0.6) is 0 Å². The van der Waals surface area contributed by atoms with Gasteiger partial charge in [-0.3, -0.25) is 4.98 Å². The van der Waals surface area contributed by atoms with Crippen LogP contribution in [0.15, 0.2) is 188 Å². The fourth-order valence-electron chi connectivity index (χ4n) is 13.8. The lowest BCUT2D eigenvalue weighted by atomic mass is 9.64. The molecule has 3 heteroatoms. The number of aryl methyl sites for hydroxylation is 7. The van der Waals surface area contributed by atoms with Crippen LogP contribution in [0, 0.1) is 48.5 Å². The first-order valence-corrected chi connectivity index (χ1v) is 24.8. The molecule has 9 aromatic rings. The second-order valence-electron chi connectivity index (χ2n) is 20.5. The van der Waals surface area contributed by atoms with Gasteiger partial charge in [0.1, 0.15) is 0 Å². The van der Waals surface area contributed by atoms with Crippen LogP contribution in [-0.4, -0.2) is 27.2 Å². The Labute approximate surface area is 412 Å². The minimum absolute atomic E-state index is 0.686. The standard InChI is InChI=1S/C67H55N3/c1-41-33-34-68-58(37-41)66(54-29-11-19-44(4)61(54)62-45(5)20-12-30-55(62)66)50-25-15-23-48(38-50)65(52-27-9-17-42(2)59(52)60-43(3)18-10-28-53(60)65)49-24-16-26-51(39-49)67(70-36-35-69(8)40-70)56-31-13-21-46(6)63(56)64-47(7)22-14-32-57(64)67/h9-39H,1-8H3/q+2. The zero-order valence-corrected chi connectivity index (χ0v) is 41.2. The van der Waals surface area contributed by atoms with Crippen molar-refractivity contribution >= 4 is 6.01 Å². The van der Waals surface area contributed by atoms with E-state index in [4.69, 9.17) is 4.98 Å². The molecule has 0 saturated heterocycles. The minimum atomic E-state index is -0.713. The molecule has 13 rings (SSSR count). The molecule has 1 aliphatic heterocycles. The van der Waals surface area contributed by atoms with Crippen LogP contribution < -0.4 is 0 Å². The van der Waals surface area contributed by atoms with Gasteiger partial charge < -0.3 is 0 Å². The summed E-state index contributed by atoms with van der Waals surface area (Å²) in [6.45, 7) is 15.9. The molecular weight excluding hydrogens is 847 g/mol. The first-order valence-electron chi connectivity index (χ1n) is 24.8. The van der Waals surface area contributed by atoms with E-state index >= 15 is 0 Å². The third kappa shape index (κ3) is 5.28. The summed E-state index contributed by atoms with van der Waals surface area (Å²) >= 11 is 0. The van der Waals surface area contributed by atoms with Gasteiger partial charge in [-0.2, -0.15) is 0 Å². The van der Waals surface area contributed by atoms with Crippen molar-refractivity contribution in [1.29, 1.82) is 0 Å². The topological polar surface area (TPSA) is 18.9 Å². The summed E-state index contributed by atoms with van der Waals surface area (Å²) < 4.78 is 4.39. The molecule has 0 atom stereocenters. The first kappa shape index (κ1) is 42.2. The molecule has 0 spiro atoms. The van der Waals surface area contributed by atoms with Crippen LogP contribution in [0.4, 0.5) is 0 Å². The first-order chi connectivity index (χ1) is 34.0. The van der Waals surface area contributed by atoms with Crippen LogP contribution in [0.1, 0.15) is 100 Å². The molecule has 0 radical (unpaired) electrons. The molecule has 0 amide bonds. The van der Waals surface area contributed by atoms with Crippen molar-refractivity contribution in [2.45, 2.75) is 64.8 Å². The van der Waals surface area contributed by atoms with Gasteiger partial charge in [-0.1, -0.05) is 161 Å². The maximum Gasteiger partial charge on any atom is 0.490 e. The molecule has 0 saturated carbocycles. The van der Waals surface area contributed by atoms with E-state index in [0.717, 1.165) is 5.69 Å². The van der Waals surface area contributed by atoms with Crippen molar-refractivity contribution < 1.29 is 9.15 Å². The van der Waals surface area contributed by atoms with E-state index in [1.165, 1.54) is 128 Å². The van der Waals surface area contributed by atoms with Gasteiger partial charge in [0.25, 0.3) is 5.54 Å². The van der Waals surface area contributed by atoms with Crippen molar-refractivity contribution in [2.75, 3.05) is 7.05 Å². The number of hydrogen-bond donors (Lipinski definition) is 0. The lowest BCUT2D eigenvalue weighted by molar-refractivity contribution is -0.533. The number of rotatable bonds is 6. The van der Waals surface area contributed by atoms with Gasteiger partial charge in [0.05, 0.1) is 16.5 Å². The lowest BCUT2D eigenvalue weighted by Crippen LogP contribution is -2.38. The maximum absolute atomic E-state index is 5.36. The average molecular weight is 902 g/mol. The summed E-state index contributed by atoms with van der Waals surface area (Å²) in [6, 6.07) is 68.9. The Bertz CT molecular complexity index is 3720. The van der Waals surface area contributed by atoms with Gasteiger partial charge in [0.2, 0.25) is 12.4 Å². The van der Waals surface area contributed by atoms with Crippen LogP contribution in [-0.2, 0) is 16.4 Å². The molecule has 1 aromatic heterocycles. The third-order valence-corrected chi connectivity index (χ3v) is 16.6. The van der Waals surface area contributed by atoms with E-state index in [9.17, 15) is 0 Å². The fourth-order valence-corrected chi connectivity index (χ4v) is 13.8. The van der Waals surface area contributed by atoms with Gasteiger partial charge in [-0.25, -0.2) is 0 Å². The molecular formula is C67H55N3+2. The highest BCUT2D eigenvalue weighted by molar-refractivity contribution is 5.92. The van der Waals surface area contributed by atoms with Gasteiger partial charge >= 0.3 is 6.01 Å². The molecule has 2 heterocycles. The lowest BCUT2D eigenvalue weighted by Gasteiger charge is -2.38. The Balaban J connectivity index is 1.17. The average Bonchev–Trinajstić information content (AvgIpc) is 4.11. The summed E-state index contributed by atoms with van der Waals surface area (Å²) in [5.41, 5.74) is 28.3. The van der Waals surface area contributed by atoms with Crippen LogP contribution in [0.3, 0.4) is 0 Å². The Morgan fingerprint density at radius 3 is 1.14 bits per heavy atom. The smallest absolute Gasteiger partial charge is 0.260 e. The van der Waals surface area contributed by atoms with Gasteiger partial charge in [-0.15, -0.1) is 0 Å². The molecule has 0 unspecified atom stereocenters. The van der Waals surface area contributed by atoms with E-state index in [1.54, 1.807) is 0 Å². The van der Waals surface area contributed by atoms with Crippen molar-refractivity contribution in [3.8, 4) is 33.4 Å². The molecule has 0 bridgehead atoms.